The molecule has 0 saturated heterocycles. The zero-order chi connectivity index (χ0) is 14.8. The molecule has 0 spiro atoms. The van der Waals surface area contributed by atoms with E-state index >= 15 is 0 Å². The van der Waals surface area contributed by atoms with Crippen molar-refractivity contribution in [3.05, 3.63) is 53.7 Å². The fraction of sp³-hybridized carbons (Fsp3) is 0.133. The number of hydrogen-bond donors (Lipinski definition) is 2. The normalized spacial score (nSPS) is 10.6. The van der Waals surface area contributed by atoms with Gasteiger partial charge in [-0.25, -0.2) is 4.98 Å². The summed E-state index contributed by atoms with van der Waals surface area (Å²) in [6.07, 6.45) is 1.66. The molecule has 1 aromatic carbocycles. The van der Waals surface area contributed by atoms with Crippen molar-refractivity contribution in [1.82, 2.24) is 15.2 Å². The van der Waals surface area contributed by atoms with Gasteiger partial charge in [-0.15, -0.1) is 0 Å². The van der Waals surface area contributed by atoms with Crippen LogP contribution in [-0.2, 0) is 0 Å². The van der Waals surface area contributed by atoms with Gasteiger partial charge in [0.05, 0.1) is 6.20 Å². The van der Waals surface area contributed by atoms with Crippen LogP contribution in [-0.4, -0.2) is 21.1 Å². The summed E-state index contributed by atoms with van der Waals surface area (Å²) in [7, 11) is 0. The number of aromatic nitrogens is 3. The lowest BCUT2D eigenvalue weighted by molar-refractivity contribution is 0.102. The Balaban J connectivity index is 1.82. The number of nitrogens with one attached hydrogen (secondary N) is 2. The SMILES string of the molecule is Cc1cc(C(=O)Nc2cccc(-c3ncc(C)o3)c2)n[nH]1. The average molecular weight is 282 g/mol. The van der Waals surface area contributed by atoms with Crippen molar-refractivity contribution in [2.24, 2.45) is 0 Å². The van der Waals surface area contributed by atoms with Crippen molar-refractivity contribution in [2.75, 3.05) is 5.32 Å². The van der Waals surface area contributed by atoms with Gasteiger partial charge in [0.15, 0.2) is 5.69 Å². The number of H-pyrrole nitrogens is 1. The van der Waals surface area contributed by atoms with Crippen LogP contribution in [0.25, 0.3) is 11.5 Å². The number of benzene rings is 1. The van der Waals surface area contributed by atoms with E-state index in [-0.39, 0.29) is 5.91 Å². The van der Waals surface area contributed by atoms with Crippen LogP contribution >= 0.6 is 0 Å². The Hall–Kier alpha value is -2.89. The van der Waals surface area contributed by atoms with Gasteiger partial charge in [-0.1, -0.05) is 6.07 Å². The maximum atomic E-state index is 12.0. The predicted octanol–water partition coefficient (Wildman–Crippen LogP) is 2.93. The molecule has 0 bridgehead atoms. The Labute approximate surface area is 121 Å². The molecule has 3 rings (SSSR count). The number of rotatable bonds is 3. The van der Waals surface area contributed by atoms with Crippen LogP contribution in [0.15, 0.2) is 40.9 Å². The van der Waals surface area contributed by atoms with E-state index < -0.39 is 0 Å². The van der Waals surface area contributed by atoms with Crippen molar-refractivity contribution in [3.63, 3.8) is 0 Å². The predicted molar refractivity (Wildman–Crippen MR) is 78.0 cm³/mol. The number of nitrogens with zero attached hydrogens (tertiary/aromatic N) is 2. The molecule has 0 fully saturated rings. The second kappa shape index (κ2) is 5.24. The van der Waals surface area contributed by atoms with E-state index in [9.17, 15) is 4.79 Å². The molecule has 1 amide bonds. The van der Waals surface area contributed by atoms with Gasteiger partial charge in [-0.05, 0) is 38.1 Å². The monoisotopic (exact) mass is 282 g/mol. The van der Waals surface area contributed by atoms with Crippen molar-refractivity contribution in [2.45, 2.75) is 13.8 Å². The number of carbonyl (C=O) groups excluding carboxylic acids is 1. The minimum absolute atomic E-state index is 0.264. The van der Waals surface area contributed by atoms with Crippen LogP contribution in [0, 0.1) is 13.8 Å². The molecule has 21 heavy (non-hydrogen) atoms. The van der Waals surface area contributed by atoms with Crippen LogP contribution in [0.3, 0.4) is 0 Å². The number of hydrogen-bond acceptors (Lipinski definition) is 4. The Kier molecular flexibility index (Phi) is 3.27. The number of carbonyl (C=O) groups is 1. The number of anilines is 1. The molecule has 106 valence electrons. The molecule has 2 N–H and O–H groups in total. The maximum Gasteiger partial charge on any atom is 0.276 e. The molecule has 0 saturated carbocycles. The molecule has 6 nitrogen and oxygen atoms in total. The van der Waals surface area contributed by atoms with Crippen LogP contribution in [0.4, 0.5) is 5.69 Å². The molecule has 0 aliphatic heterocycles. The van der Waals surface area contributed by atoms with E-state index in [1.54, 1.807) is 18.3 Å². The second-order valence-electron chi connectivity index (χ2n) is 4.75. The highest BCUT2D eigenvalue weighted by atomic mass is 16.4. The summed E-state index contributed by atoms with van der Waals surface area (Å²) in [4.78, 5) is 16.2. The first-order chi connectivity index (χ1) is 10.1. The van der Waals surface area contributed by atoms with E-state index in [1.807, 2.05) is 32.0 Å². The fourth-order valence-corrected chi connectivity index (χ4v) is 1.95. The molecule has 0 unspecified atom stereocenters. The average Bonchev–Trinajstić information content (AvgIpc) is 3.08. The smallest absolute Gasteiger partial charge is 0.276 e. The third-order valence-electron chi connectivity index (χ3n) is 2.93. The largest absolute Gasteiger partial charge is 0.441 e. The molecule has 6 heteroatoms. The number of oxazole rings is 1. The Morgan fingerprint density at radius 3 is 2.81 bits per heavy atom. The standard InChI is InChI=1S/C15H14N4O2/c1-9-6-13(19-18-9)14(20)17-12-5-3-4-11(7-12)15-16-8-10(2)21-15/h3-8H,1-2H3,(H,17,20)(H,18,19). The fourth-order valence-electron chi connectivity index (χ4n) is 1.95. The van der Waals surface area contributed by atoms with Crippen molar-refractivity contribution < 1.29 is 9.21 Å². The molecule has 0 atom stereocenters. The molecular formula is C15H14N4O2. The first kappa shape index (κ1) is 13.1. The molecule has 3 aromatic rings. The molecule has 0 aliphatic rings. The van der Waals surface area contributed by atoms with E-state index in [1.165, 1.54) is 0 Å². The van der Waals surface area contributed by atoms with Gasteiger partial charge in [0.2, 0.25) is 5.89 Å². The summed E-state index contributed by atoms with van der Waals surface area (Å²) >= 11 is 0. The molecule has 0 aliphatic carbocycles. The summed E-state index contributed by atoms with van der Waals surface area (Å²) in [5.74, 6) is 1.01. The van der Waals surface area contributed by atoms with Gasteiger partial charge >= 0.3 is 0 Å². The van der Waals surface area contributed by atoms with Gasteiger partial charge in [0, 0.05) is 16.9 Å². The van der Waals surface area contributed by atoms with E-state index in [0.29, 0.717) is 17.3 Å². The van der Waals surface area contributed by atoms with Crippen LogP contribution in [0.2, 0.25) is 0 Å². The number of aromatic amines is 1. The third kappa shape index (κ3) is 2.84. The van der Waals surface area contributed by atoms with E-state index in [0.717, 1.165) is 17.0 Å². The Morgan fingerprint density at radius 2 is 2.14 bits per heavy atom. The van der Waals surface area contributed by atoms with Crippen molar-refractivity contribution in [1.29, 1.82) is 0 Å². The minimum Gasteiger partial charge on any atom is -0.441 e. The summed E-state index contributed by atoms with van der Waals surface area (Å²) in [6, 6.07) is 9.01. The van der Waals surface area contributed by atoms with Crippen LogP contribution in [0.1, 0.15) is 21.9 Å². The Morgan fingerprint density at radius 1 is 1.29 bits per heavy atom. The van der Waals surface area contributed by atoms with Crippen LogP contribution < -0.4 is 5.32 Å². The molecule has 2 aromatic heterocycles. The summed E-state index contributed by atoms with van der Waals surface area (Å²) < 4.78 is 5.48. The number of amides is 1. The van der Waals surface area contributed by atoms with Gasteiger partial charge in [0.1, 0.15) is 5.76 Å². The quantitative estimate of drug-likeness (QED) is 0.773. The van der Waals surface area contributed by atoms with Crippen molar-refractivity contribution in [3.8, 4) is 11.5 Å². The second-order valence-corrected chi connectivity index (χ2v) is 4.75. The lowest BCUT2D eigenvalue weighted by atomic mass is 10.2. The zero-order valence-electron chi connectivity index (χ0n) is 11.7. The topological polar surface area (TPSA) is 83.8 Å². The Bertz CT molecular complexity index is 788. The lowest BCUT2D eigenvalue weighted by Crippen LogP contribution is -2.12. The van der Waals surface area contributed by atoms with Gasteiger partial charge in [-0.3, -0.25) is 9.89 Å². The summed E-state index contributed by atoms with van der Waals surface area (Å²) in [6.45, 7) is 3.68. The first-order valence-electron chi connectivity index (χ1n) is 6.48. The van der Waals surface area contributed by atoms with E-state index in [2.05, 4.69) is 20.5 Å². The zero-order valence-corrected chi connectivity index (χ0v) is 11.7. The van der Waals surface area contributed by atoms with E-state index in [4.69, 9.17) is 4.42 Å². The number of aryl methyl sites for hydroxylation is 2. The first-order valence-corrected chi connectivity index (χ1v) is 6.48. The lowest BCUT2D eigenvalue weighted by Gasteiger charge is -2.04. The highest BCUT2D eigenvalue weighted by molar-refractivity contribution is 6.03. The molecular weight excluding hydrogens is 268 g/mol. The maximum absolute atomic E-state index is 12.0. The molecule has 0 radical (unpaired) electrons. The minimum atomic E-state index is -0.264. The summed E-state index contributed by atoms with van der Waals surface area (Å²) in [5.41, 5.74) is 2.65. The van der Waals surface area contributed by atoms with Gasteiger partial charge < -0.3 is 9.73 Å². The van der Waals surface area contributed by atoms with Crippen molar-refractivity contribution >= 4 is 11.6 Å². The van der Waals surface area contributed by atoms with Crippen LogP contribution in [0.5, 0.6) is 0 Å². The molecule has 2 heterocycles. The highest BCUT2D eigenvalue weighted by Gasteiger charge is 2.11. The van der Waals surface area contributed by atoms with Gasteiger partial charge in [0.25, 0.3) is 5.91 Å². The third-order valence-corrected chi connectivity index (χ3v) is 2.93. The van der Waals surface area contributed by atoms with Gasteiger partial charge in [-0.2, -0.15) is 5.10 Å². The highest BCUT2D eigenvalue weighted by Crippen LogP contribution is 2.22. The summed E-state index contributed by atoms with van der Waals surface area (Å²) in [5, 5.41) is 9.46.